The van der Waals surface area contributed by atoms with E-state index in [9.17, 15) is 0 Å². The summed E-state index contributed by atoms with van der Waals surface area (Å²) in [7, 11) is 0. The van der Waals surface area contributed by atoms with Crippen LogP contribution in [0.1, 0.15) is 0 Å². The van der Waals surface area contributed by atoms with Gasteiger partial charge in [0.15, 0.2) is 0 Å². The molecule has 45 heavy (non-hydrogen) atoms. The molecule has 0 fully saturated rings. The molecule has 8 aromatic carbocycles. The largest absolute Gasteiger partial charge is 0.278 e. The van der Waals surface area contributed by atoms with Gasteiger partial charge < -0.3 is 0 Å². The molecule has 0 saturated heterocycles. The Bertz CT molecular complexity index is 2820. The normalized spacial score (nSPS) is 12.0. The van der Waals surface area contributed by atoms with Crippen LogP contribution < -0.4 is 0 Å². The summed E-state index contributed by atoms with van der Waals surface area (Å²) < 4.78 is 2.25. The Kier molecular flexibility index (Phi) is 5.00. The fourth-order valence-electron chi connectivity index (χ4n) is 7.40. The lowest BCUT2D eigenvalue weighted by atomic mass is 9.94. The van der Waals surface area contributed by atoms with Gasteiger partial charge in [0.25, 0.3) is 0 Å². The van der Waals surface area contributed by atoms with E-state index >= 15 is 0 Å². The maximum absolute atomic E-state index is 5.39. The lowest BCUT2D eigenvalue weighted by molar-refractivity contribution is 1.01. The lowest BCUT2D eigenvalue weighted by Gasteiger charge is -2.13. The molecule has 0 atom stereocenters. The molecule has 0 aliphatic heterocycles. The monoisotopic (exact) mass is 571 g/mol. The van der Waals surface area contributed by atoms with Gasteiger partial charge in [0.1, 0.15) is 0 Å². The maximum atomic E-state index is 5.39. The van der Waals surface area contributed by atoms with Crippen LogP contribution in [-0.2, 0) is 0 Å². The summed E-state index contributed by atoms with van der Waals surface area (Å²) in [4.78, 5) is 10.6. The van der Waals surface area contributed by atoms with Crippen molar-refractivity contribution in [1.82, 2.24) is 14.5 Å². The average molecular weight is 572 g/mol. The Labute approximate surface area is 258 Å². The number of hydrogen-bond donors (Lipinski definition) is 0. The van der Waals surface area contributed by atoms with Crippen LogP contribution in [0.3, 0.4) is 0 Å². The van der Waals surface area contributed by atoms with Crippen LogP contribution in [-0.4, -0.2) is 14.5 Å². The first-order valence-electron chi connectivity index (χ1n) is 15.4. The Morgan fingerprint density at radius 3 is 1.87 bits per heavy atom. The summed E-state index contributed by atoms with van der Waals surface area (Å²) in [5, 5.41) is 13.4. The molecule has 2 aromatic heterocycles. The quantitative estimate of drug-likeness (QED) is 0.193. The number of rotatable bonds is 2. The van der Waals surface area contributed by atoms with Crippen molar-refractivity contribution in [2.24, 2.45) is 0 Å². The van der Waals surface area contributed by atoms with E-state index in [4.69, 9.17) is 9.97 Å². The number of para-hydroxylation sites is 2. The van der Waals surface area contributed by atoms with Gasteiger partial charge in [-0.2, -0.15) is 0 Å². The van der Waals surface area contributed by atoms with Crippen molar-refractivity contribution < 1.29 is 0 Å². The Morgan fingerprint density at radius 1 is 0.356 bits per heavy atom. The first-order chi connectivity index (χ1) is 22.3. The van der Waals surface area contributed by atoms with Gasteiger partial charge in [-0.05, 0) is 61.3 Å². The first kappa shape index (κ1) is 24.4. The number of benzene rings is 8. The minimum Gasteiger partial charge on any atom is -0.278 e. The third kappa shape index (κ3) is 3.46. The van der Waals surface area contributed by atoms with E-state index in [1.807, 2.05) is 0 Å². The van der Waals surface area contributed by atoms with E-state index in [1.165, 1.54) is 53.9 Å². The second-order valence-corrected chi connectivity index (χ2v) is 11.8. The smallest absolute Gasteiger partial charge is 0.235 e. The first-order valence-corrected chi connectivity index (χ1v) is 15.4. The Balaban J connectivity index is 1.34. The molecule has 2 heterocycles. The van der Waals surface area contributed by atoms with Crippen LogP contribution in [0.2, 0.25) is 0 Å². The zero-order chi connectivity index (χ0) is 29.5. The molecule has 0 aliphatic rings. The van der Waals surface area contributed by atoms with Crippen molar-refractivity contribution >= 4 is 75.8 Å². The predicted octanol–water partition coefficient (Wildman–Crippen LogP) is 11.0. The molecular formula is C42H25N3. The molecule has 0 aliphatic carbocycles. The third-order valence-corrected chi connectivity index (χ3v) is 9.38. The van der Waals surface area contributed by atoms with Crippen LogP contribution in [0.5, 0.6) is 0 Å². The molecule has 0 amide bonds. The Hall–Kier alpha value is -6.06. The van der Waals surface area contributed by atoms with E-state index in [2.05, 4.69) is 156 Å². The van der Waals surface area contributed by atoms with E-state index in [-0.39, 0.29) is 0 Å². The number of hydrogen-bond acceptors (Lipinski definition) is 2. The molecule has 0 bridgehead atoms. The number of fused-ring (bicyclic) bond motifs is 11. The highest BCUT2D eigenvalue weighted by Crippen LogP contribution is 2.41. The zero-order valence-electron chi connectivity index (χ0n) is 24.3. The second kappa shape index (κ2) is 9.22. The second-order valence-electron chi connectivity index (χ2n) is 11.8. The van der Waals surface area contributed by atoms with Crippen LogP contribution >= 0.6 is 0 Å². The predicted molar refractivity (Wildman–Crippen MR) is 189 cm³/mol. The highest BCUT2D eigenvalue weighted by molar-refractivity contribution is 6.29. The molecule has 0 saturated carbocycles. The Morgan fingerprint density at radius 2 is 0.978 bits per heavy atom. The van der Waals surface area contributed by atoms with Crippen molar-refractivity contribution in [1.29, 1.82) is 0 Å². The molecule has 10 rings (SSSR count). The van der Waals surface area contributed by atoms with Gasteiger partial charge in [-0.3, -0.25) is 4.57 Å². The number of aromatic nitrogens is 3. The fraction of sp³-hybridized carbons (Fsp3) is 0. The molecule has 0 N–H and O–H groups in total. The summed E-state index contributed by atoms with van der Waals surface area (Å²) in [6, 6.07) is 54.2. The molecule has 0 spiro atoms. The van der Waals surface area contributed by atoms with Gasteiger partial charge in [-0.15, -0.1) is 0 Å². The average Bonchev–Trinajstić information content (AvgIpc) is 3.45. The van der Waals surface area contributed by atoms with Crippen LogP contribution in [0.25, 0.3) is 93.0 Å². The van der Waals surface area contributed by atoms with Crippen molar-refractivity contribution in [3.63, 3.8) is 0 Å². The van der Waals surface area contributed by atoms with Gasteiger partial charge in [-0.1, -0.05) is 133 Å². The third-order valence-electron chi connectivity index (χ3n) is 9.38. The summed E-state index contributed by atoms with van der Waals surface area (Å²) in [5.41, 5.74) is 5.17. The van der Waals surface area contributed by atoms with Gasteiger partial charge >= 0.3 is 0 Å². The molecule has 0 unspecified atom stereocenters. The van der Waals surface area contributed by atoms with Gasteiger partial charge in [-0.25, -0.2) is 9.97 Å². The molecular weight excluding hydrogens is 546 g/mol. The minimum atomic E-state index is 0.674. The van der Waals surface area contributed by atoms with Gasteiger partial charge in [0, 0.05) is 21.7 Å². The number of nitrogens with zero attached hydrogens (tertiary/aromatic N) is 3. The zero-order valence-corrected chi connectivity index (χ0v) is 24.3. The SMILES string of the molecule is c1ccc2c(-c3nc(-n4c5ccccc5c5c6ccc7ccc8ccccc8c7c6ccc54)nc4ccccc34)cccc2c1. The van der Waals surface area contributed by atoms with Gasteiger partial charge in [0.05, 0.1) is 22.2 Å². The standard InChI is InChI=1S/C42H25N3/c1-3-13-29-26(10-1)12-9-17-33(29)41-34-15-5-7-18-36(34)43-42(44-41)45-37-19-8-6-16-35(37)40-32-23-22-28-21-20-27-11-2-4-14-30(27)39(28)31(32)24-25-38(40)45/h1-25H. The maximum Gasteiger partial charge on any atom is 0.235 e. The van der Waals surface area contributed by atoms with Gasteiger partial charge in [0.2, 0.25) is 5.95 Å². The van der Waals surface area contributed by atoms with Crippen molar-refractivity contribution in [3.8, 4) is 17.2 Å². The van der Waals surface area contributed by atoms with E-state index < -0.39 is 0 Å². The van der Waals surface area contributed by atoms with Crippen LogP contribution in [0.15, 0.2) is 152 Å². The van der Waals surface area contributed by atoms with E-state index in [0.29, 0.717) is 5.95 Å². The summed E-state index contributed by atoms with van der Waals surface area (Å²) in [6.45, 7) is 0. The fourth-order valence-corrected chi connectivity index (χ4v) is 7.40. The minimum absolute atomic E-state index is 0.674. The van der Waals surface area contributed by atoms with E-state index in [0.717, 1.165) is 33.2 Å². The lowest BCUT2D eigenvalue weighted by Crippen LogP contribution is -2.03. The van der Waals surface area contributed by atoms with Crippen LogP contribution in [0, 0.1) is 0 Å². The van der Waals surface area contributed by atoms with Crippen molar-refractivity contribution in [3.05, 3.63) is 152 Å². The van der Waals surface area contributed by atoms with E-state index in [1.54, 1.807) is 0 Å². The highest BCUT2D eigenvalue weighted by atomic mass is 15.2. The molecule has 3 nitrogen and oxygen atoms in total. The van der Waals surface area contributed by atoms with Crippen molar-refractivity contribution in [2.45, 2.75) is 0 Å². The van der Waals surface area contributed by atoms with Crippen molar-refractivity contribution in [2.75, 3.05) is 0 Å². The molecule has 10 aromatic rings. The summed E-state index contributed by atoms with van der Waals surface area (Å²) >= 11 is 0. The topological polar surface area (TPSA) is 30.7 Å². The molecule has 3 heteroatoms. The summed E-state index contributed by atoms with van der Waals surface area (Å²) in [5.74, 6) is 0.674. The van der Waals surface area contributed by atoms with Crippen LogP contribution in [0.4, 0.5) is 0 Å². The summed E-state index contributed by atoms with van der Waals surface area (Å²) in [6.07, 6.45) is 0. The highest BCUT2D eigenvalue weighted by Gasteiger charge is 2.20. The molecule has 0 radical (unpaired) electrons. The molecule has 208 valence electrons.